The zero-order chi connectivity index (χ0) is 18.2. The Kier molecular flexibility index (Phi) is 4.51. The average Bonchev–Trinajstić information content (AvgIpc) is 3.39. The fourth-order valence-corrected chi connectivity index (χ4v) is 6.00. The minimum Gasteiger partial charge on any atom is -0.354 e. The largest absolute Gasteiger partial charge is 0.354 e. The van der Waals surface area contributed by atoms with Gasteiger partial charge in [-0.1, -0.05) is 36.4 Å². The van der Waals surface area contributed by atoms with Crippen molar-refractivity contribution in [1.82, 2.24) is 9.97 Å². The first kappa shape index (κ1) is 17.0. The lowest BCUT2D eigenvalue weighted by atomic mass is 10.1. The molecule has 1 aliphatic rings. The highest BCUT2D eigenvalue weighted by Crippen LogP contribution is 2.40. The van der Waals surface area contributed by atoms with E-state index in [0.29, 0.717) is 11.5 Å². The third-order valence-corrected chi connectivity index (χ3v) is 7.73. The molecule has 0 amide bonds. The molecule has 1 aromatic carbocycles. The number of anilines is 1. The van der Waals surface area contributed by atoms with Crippen LogP contribution in [0.15, 0.2) is 53.2 Å². The first-order valence-electron chi connectivity index (χ1n) is 8.78. The van der Waals surface area contributed by atoms with E-state index < -0.39 is 10.8 Å². The highest BCUT2D eigenvalue weighted by atomic mass is 32.2. The number of benzene rings is 1. The summed E-state index contributed by atoms with van der Waals surface area (Å²) in [4.78, 5) is 14.2. The van der Waals surface area contributed by atoms with E-state index in [0.717, 1.165) is 39.8 Å². The molecule has 0 atom stereocenters. The van der Waals surface area contributed by atoms with Crippen molar-refractivity contribution in [2.24, 2.45) is 0 Å². The molecule has 4 aromatic rings. The van der Waals surface area contributed by atoms with Crippen LogP contribution < -0.4 is 4.90 Å². The Hall–Kier alpha value is -2.09. The minimum absolute atomic E-state index is 0.699. The van der Waals surface area contributed by atoms with E-state index in [2.05, 4.69) is 46.0 Å². The van der Waals surface area contributed by atoms with Crippen molar-refractivity contribution in [1.29, 1.82) is 0 Å². The molecule has 0 saturated carbocycles. The quantitative estimate of drug-likeness (QED) is 0.492. The summed E-state index contributed by atoms with van der Waals surface area (Å²) in [7, 11) is -0.715. The van der Waals surface area contributed by atoms with Crippen molar-refractivity contribution in [3.05, 3.63) is 53.2 Å². The topological polar surface area (TPSA) is 46.1 Å². The Morgan fingerprint density at radius 1 is 0.963 bits per heavy atom. The summed E-state index contributed by atoms with van der Waals surface area (Å²) < 4.78 is 11.9. The minimum atomic E-state index is -0.715. The Morgan fingerprint density at radius 2 is 1.78 bits per heavy atom. The third kappa shape index (κ3) is 3.20. The Balaban J connectivity index is 1.72. The Labute approximate surface area is 168 Å². The van der Waals surface area contributed by atoms with Gasteiger partial charge in [-0.3, -0.25) is 4.21 Å². The lowest BCUT2D eigenvalue weighted by Gasteiger charge is -2.28. The van der Waals surface area contributed by atoms with E-state index in [1.165, 1.54) is 11.1 Å². The smallest absolute Gasteiger partial charge is 0.173 e. The number of fused-ring (bicyclic) bond motifs is 1. The van der Waals surface area contributed by atoms with Gasteiger partial charge < -0.3 is 4.90 Å². The summed E-state index contributed by atoms with van der Waals surface area (Å²) in [5.41, 5.74) is 2.35. The molecule has 1 saturated heterocycles. The molecule has 0 spiro atoms. The maximum Gasteiger partial charge on any atom is 0.173 e. The summed E-state index contributed by atoms with van der Waals surface area (Å²) in [6.45, 7) is 1.54. The molecule has 0 unspecified atom stereocenters. The summed E-state index contributed by atoms with van der Waals surface area (Å²) in [6.07, 6.45) is 0. The van der Waals surface area contributed by atoms with Gasteiger partial charge in [0.15, 0.2) is 5.82 Å². The second kappa shape index (κ2) is 7.14. The predicted molar refractivity (Wildman–Crippen MR) is 116 cm³/mol. The summed E-state index contributed by atoms with van der Waals surface area (Å²) in [6, 6.07) is 14.5. The molecule has 136 valence electrons. The van der Waals surface area contributed by atoms with Gasteiger partial charge in [0.25, 0.3) is 0 Å². The molecular formula is C20H17N3OS3. The first-order chi connectivity index (χ1) is 13.3. The number of rotatable bonds is 3. The monoisotopic (exact) mass is 411 g/mol. The van der Waals surface area contributed by atoms with Crippen LogP contribution in [0.4, 0.5) is 5.82 Å². The molecule has 4 nitrogen and oxygen atoms in total. The lowest BCUT2D eigenvalue weighted by Crippen LogP contribution is -2.38. The molecule has 0 N–H and O–H groups in total. The van der Waals surface area contributed by atoms with Crippen molar-refractivity contribution in [2.45, 2.75) is 0 Å². The van der Waals surface area contributed by atoms with Gasteiger partial charge in [-0.15, -0.1) is 22.7 Å². The van der Waals surface area contributed by atoms with Gasteiger partial charge in [-0.05, 0) is 17.0 Å². The van der Waals surface area contributed by atoms with Gasteiger partial charge in [-0.25, -0.2) is 9.97 Å². The SMILES string of the molecule is O=S1CCN(c2nc(-c3cccs3)nc3scc(-c4ccccc4)c23)CC1. The number of nitrogens with zero attached hydrogens (tertiary/aromatic N) is 3. The van der Waals surface area contributed by atoms with E-state index in [-0.39, 0.29) is 0 Å². The Morgan fingerprint density at radius 3 is 2.52 bits per heavy atom. The average molecular weight is 412 g/mol. The molecule has 4 heterocycles. The molecular weight excluding hydrogens is 394 g/mol. The van der Waals surface area contributed by atoms with Gasteiger partial charge in [0, 0.05) is 46.3 Å². The number of thiophene rings is 2. The molecule has 7 heteroatoms. The molecule has 5 rings (SSSR count). The van der Waals surface area contributed by atoms with Crippen LogP contribution in [0.3, 0.4) is 0 Å². The number of hydrogen-bond donors (Lipinski definition) is 0. The number of aromatic nitrogens is 2. The molecule has 0 aliphatic carbocycles. The molecule has 0 bridgehead atoms. The fraction of sp³-hybridized carbons (Fsp3) is 0.200. The van der Waals surface area contributed by atoms with E-state index >= 15 is 0 Å². The van der Waals surface area contributed by atoms with Crippen LogP contribution in [0.1, 0.15) is 0 Å². The third-order valence-electron chi connectivity index (χ3n) is 4.72. The van der Waals surface area contributed by atoms with E-state index in [1.807, 2.05) is 12.1 Å². The van der Waals surface area contributed by atoms with Crippen LogP contribution in [-0.4, -0.2) is 38.8 Å². The van der Waals surface area contributed by atoms with Crippen LogP contribution in [0.2, 0.25) is 0 Å². The van der Waals surface area contributed by atoms with Crippen LogP contribution in [0.5, 0.6) is 0 Å². The normalized spacial score (nSPS) is 15.5. The van der Waals surface area contributed by atoms with Crippen LogP contribution >= 0.6 is 22.7 Å². The van der Waals surface area contributed by atoms with E-state index in [1.54, 1.807) is 22.7 Å². The Bertz CT molecular complexity index is 1100. The predicted octanol–water partition coefficient (Wildman–Crippen LogP) is 4.66. The van der Waals surface area contributed by atoms with Gasteiger partial charge in [0.2, 0.25) is 0 Å². The highest BCUT2D eigenvalue weighted by Gasteiger charge is 2.23. The van der Waals surface area contributed by atoms with Crippen molar-refractivity contribution < 1.29 is 4.21 Å². The lowest BCUT2D eigenvalue weighted by molar-refractivity contribution is 0.672. The van der Waals surface area contributed by atoms with Crippen LogP contribution in [0.25, 0.3) is 32.0 Å². The summed E-state index contributed by atoms with van der Waals surface area (Å²) >= 11 is 3.32. The fourth-order valence-electron chi connectivity index (χ4n) is 3.35. The summed E-state index contributed by atoms with van der Waals surface area (Å²) in [5, 5.41) is 5.34. The standard InChI is InChI=1S/C20H17N3OS3/c24-27-11-8-23(9-12-27)19-17-15(14-5-2-1-3-6-14)13-26-20(17)22-18(21-19)16-7-4-10-25-16/h1-7,10,13H,8-9,11-12H2. The maximum absolute atomic E-state index is 11.9. The van der Waals surface area contributed by atoms with Gasteiger partial charge in [-0.2, -0.15) is 0 Å². The van der Waals surface area contributed by atoms with Gasteiger partial charge in [0.05, 0.1) is 10.3 Å². The van der Waals surface area contributed by atoms with Crippen molar-refractivity contribution in [3.8, 4) is 21.8 Å². The molecule has 1 aliphatic heterocycles. The summed E-state index contributed by atoms with van der Waals surface area (Å²) in [5.74, 6) is 3.15. The van der Waals surface area contributed by atoms with Crippen molar-refractivity contribution in [2.75, 3.05) is 29.5 Å². The highest BCUT2D eigenvalue weighted by molar-refractivity contribution is 7.85. The zero-order valence-corrected chi connectivity index (χ0v) is 16.9. The maximum atomic E-state index is 11.9. The van der Waals surface area contributed by atoms with Crippen molar-refractivity contribution in [3.63, 3.8) is 0 Å². The molecule has 3 aromatic heterocycles. The van der Waals surface area contributed by atoms with Gasteiger partial charge in [0.1, 0.15) is 10.6 Å². The van der Waals surface area contributed by atoms with E-state index in [4.69, 9.17) is 9.97 Å². The zero-order valence-electron chi connectivity index (χ0n) is 14.5. The van der Waals surface area contributed by atoms with Crippen LogP contribution in [0, 0.1) is 0 Å². The molecule has 27 heavy (non-hydrogen) atoms. The molecule has 1 fully saturated rings. The molecule has 0 radical (unpaired) electrons. The second-order valence-corrected chi connectivity index (χ2v) is 9.88. The van der Waals surface area contributed by atoms with Gasteiger partial charge >= 0.3 is 0 Å². The van der Waals surface area contributed by atoms with E-state index in [9.17, 15) is 4.21 Å². The number of hydrogen-bond acceptors (Lipinski definition) is 6. The van der Waals surface area contributed by atoms with Crippen LogP contribution in [-0.2, 0) is 10.8 Å². The first-order valence-corrected chi connectivity index (χ1v) is 12.0. The second-order valence-electron chi connectivity index (χ2n) is 6.38. The van der Waals surface area contributed by atoms with Crippen molar-refractivity contribution >= 4 is 49.5 Å².